The Morgan fingerprint density at radius 2 is 1.82 bits per heavy atom. The first-order chi connectivity index (χ1) is 22.9. The van der Waals surface area contributed by atoms with Gasteiger partial charge in [-0.15, -0.1) is 0 Å². The van der Waals surface area contributed by atoms with E-state index in [1.807, 2.05) is 19.1 Å². The van der Waals surface area contributed by atoms with Crippen molar-refractivity contribution in [3.05, 3.63) is 59.2 Å². The van der Waals surface area contributed by atoms with Crippen molar-refractivity contribution in [2.45, 2.75) is 77.6 Å². The van der Waals surface area contributed by atoms with E-state index < -0.39 is 36.5 Å². The number of carbonyl (C=O) groups excluding carboxylic acids is 3. The van der Waals surface area contributed by atoms with Crippen LogP contribution in [0.5, 0.6) is 5.75 Å². The number of aliphatic imine (C=N–C) groups is 1. The highest BCUT2D eigenvalue weighted by Crippen LogP contribution is 2.37. The molecule has 1 saturated heterocycles. The molecule has 0 aliphatic carbocycles. The molecule has 15 heteroatoms. The van der Waals surface area contributed by atoms with Crippen LogP contribution in [0.1, 0.15) is 57.2 Å². The molecular weight excluding hydrogens is 672 g/mol. The molecule has 2 aromatic carbocycles. The summed E-state index contributed by atoms with van der Waals surface area (Å²) in [6.07, 6.45) is 0.678. The van der Waals surface area contributed by atoms with E-state index in [1.54, 1.807) is 18.2 Å². The van der Waals surface area contributed by atoms with Gasteiger partial charge in [-0.25, -0.2) is 12.7 Å². The number of nitrogens with zero attached hydrogens (tertiary/aromatic N) is 3. The first-order valence-corrected chi connectivity index (χ1v) is 20.8. The molecule has 0 aromatic heterocycles. The Balaban J connectivity index is 1.40. The minimum absolute atomic E-state index is 0.00264. The summed E-state index contributed by atoms with van der Waals surface area (Å²) < 4.78 is 52.2. The van der Waals surface area contributed by atoms with Gasteiger partial charge in [-0.05, 0) is 79.7 Å². The maximum Gasteiger partial charge on any atom is 0.303 e. The highest BCUT2D eigenvalue weighted by atomic mass is 32.2. The number of amidine groups is 1. The van der Waals surface area contributed by atoms with E-state index >= 15 is 0 Å². The van der Waals surface area contributed by atoms with Crippen LogP contribution < -0.4 is 15.2 Å². The van der Waals surface area contributed by atoms with Gasteiger partial charge in [0.1, 0.15) is 11.4 Å². The second-order valence-corrected chi connectivity index (χ2v) is 21.0. The summed E-state index contributed by atoms with van der Waals surface area (Å²) in [6.45, 7) is 14.2. The Bertz CT molecular complexity index is 1700. The molecule has 0 bridgehead atoms. The molecule has 2 aliphatic rings. The lowest BCUT2D eigenvalue weighted by atomic mass is 9.89. The topological polar surface area (TPSA) is 144 Å². The SMILES string of the molecule is CC(=O)OCC(=O)N(CCO[Si](C)(C)C(C)(C)C)c1ccc(CCS(=O)(=O)N2CCC3(CC2)N=C(c2cccc(OF)c2)NC3=O)c(C)c1. The molecule has 1 N–H and O–H groups in total. The Hall–Kier alpha value is -3.66. The van der Waals surface area contributed by atoms with Crippen LogP contribution in [0.25, 0.3) is 0 Å². The molecule has 0 radical (unpaired) electrons. The maximum atomic E-state index is 13.4. The van der Waals surface area contributed by atoms with Crippen LogP contribution in [0.2, 0.25) is 18.1 Å². The van der Waals surface area contributed by atoms with Crippen molar-refractivity contribution < 1.29 is 41.4 Å². The van der Waals surface area contributed by atoms with Crippen molar-refractivity contribution in [1.82, 2.24) is 9.62 Å². The highest BCUT2D eigenvalue weighted by Gasteiger charge is 2.47. The number of piperidine rings is 1. The van der Waals surface area contributed by atoms with Crippen LogP contribution in [0.4, 0.5) is 10.2 Å². The van der Waals surface area contributed by atoms with Gasteiger partial charge in [0, 0.05) is 42.3 Å². The zero-order valence-electron chi connectivity index (χ0n) is 29.3. The van der Waals surface area contributed by atoms with Gasteiger partial charge >= 0.3 is 5.97 Å². The summed E-state index contributed by atoms with van der Waals surface area (Å²) in [4.78, 5) is 47.4. The Morgan fingerprint density at radius 3 is 2.43 bits per heavy atom. The van der Waals surface area contributed by atoms with Crippen LogP contribution in [-0.4, -0.2) is 88.8 Å². The minimum Gasteiger partial charge on any atom is -0.456 e. The third kappa shape index (κ3) is 9.12. The van der Waals surface area contributed by atoms with Crippen LogP contribution in [-0.2, 0) is 40.0 Å². The number of halogens is 1. The van der Waals surface area contributed by atoms with Crippen LogP contribution in [0, 0.1) is 6.92 Å². The molecule has 0 unspecified atom stereocenters. The standard InChI is InChI=1S/C34H47FN4O8SSi/c1-24-21-28(39(30(41)23-45-25(2)40)18-19-46-49(6,7)33(3,4)5)12-11-26(24)13-20-48(43,44)38-16-14-34(15-17-38)32(42)36-31(37-34)27-9-8-10-29(22-27)47-35/h8-12,21-22H,13-20,23H2,1-7H3,(H,36,37,42). The maximum absolute atomic E-state index is 13.4. The van der Waals surface area contributed by atoms with Crippen LogP contribution in [0.15, 0.2) is 47.5 Å². The fourth-order valence-corrected chi connectivity index (χ4v) is 8.07. The third-order valence-corrected chi connectivity index (χ3v) is 16.1. The van der Waals surface area contributed by atoms with Gasteiger partial charge in [0.2, 0.25) is 10.0 Å². The quantitative estimate of drug-likeness (QED) is 0.236. The number of anilines is 1. The van der Waals surface area contributed by atoms with Gasteiger partial charge in [0.25, 0.3) is 11.8 Å². The van der Waals surface area contributed by atoms with E-state index in [1.165, 1.54) is 28.3 Å². The predicted octanol–water partition coefficient (Wildman–Crippen LogP) is 4.46. The zero-order chi connectivity index (χ0) is 36.2. The molecule has 2 amide bonds. The zero-order valence-corrected chi connectivity index (χ0v) is 31.1. The van der Waals surface area contributed by atoms with E-state index in [9.17, 15) is 27.3 Å². The second-order valence-electron chi connectivity index (χ2n) is 14.1. The Kier molecular flexibility index (Phi) is 11.7. The summed E-state index contributed by atoms with van der Waals surface area (Å²) in [5.74, 6) is -1.10. The average Bonchev–Trinajstić information content (AvgIpc) is 3.35. The Labute approximate surface area is 289 Å². The lowest BCUT2D eigenvalue weighted by Crippen LogP contribution is -2.50. The third-order valence-electron chi connectivity index (χ3n) is 9.67. The van der Waals surface area contributed by atoms with E-state index in [4.69, 9.17) is 9.16 Å². The fraction of sp³-hybridized carbons (Fsp3) is 0.529. The number of nitrogens with one attached hydrogen (secondary N) is 1. The summed E-state index contributed by atoms with van der Waals surface area (Å²) in [6, 6.07) is 11.5. The van der Waals surface area contributed by atoms with Gasteiger partial charge in [0.15, 0.2) is 20.7 Å². The molecule has 1 spiro atoms. The number of esters is 1. The van der Waals surface area contributed by atoms with Gasteiger partial charge in [-0.3, -0.25) is 24.3 Å². The van der Waals surface area contributed by atoms with Gasteiger partial charge in [-0.2, -0.15) is 0 Å². The van der Waals surface area contributed by atoms with E-state index in [0.29, 0.717) is 23.7 Å². The molecule has 1 fully saturated rings. The molecule has 0 atom stereocenters. The molecule has 2 heterocycles. The first-order valence-electron chi connectivity index (χ1n) is 16.3. The number of rotatable bonds is 13. The molecule has 0 saturated carbocycles. The van der Waals surface area contributed by atoms with Gasteiger partial charge < -0.3 is 19.4 Å². The van der Waals surface area contributed by atoms with Crippen molar-refractivity contribution in [1.29, 1.82) is 0 Å². The van der Waals surface area contributed by atoms with Crippen molar-refractivity contribution >= 4 is 47.6 Å². The molecular formula is C34H47FN4O8SSi. The molecule has 4 rings (SSSR count). The highest BCUT2D eigenvalue weighted by molar-refractivity contribution is 7.89. The average molecular weight is 719 g/mol. The minimum atomic E-state index is -3.66. The fourth-order valence-electron chi connectivity index (χ4n) is 5.56. The first kappa shape index (κ1) is 38.1. The molecule has 2 aliphatic heterocycles. The second kappa shape index (κ2) is 15.1. The number of benzene rings is 2. The summed E-state index contributed by atoms with van der Waals surface area (Å²) >= 11 is 0. The van der Waals surface area contributed by atoms with Crippen molar-refractivity contribution in [3.63, 3.8) is 0 Å². The van der Waals surface area contributed by atoms with Crippen LogP contribution in [0.3, 0.4) is 0 Å². The van der Waals surface area contributed by atoms with Crippen LogP contribution >= 0.6 is 0 Å². The molecule has 12 nitrogen and oxygen atoms in total. The Morgan fingerprint density at radius 1 is 1.12 bits per heavy atom. The number of ether oxygens (including phenoxy) is 1. The summed E-state index contributed by atoms with van der Waals surface area (Å²) in [7, 11) is -5.73. The number of aryl methyl sites for hydroxylation is 2. The van der Waals surface area contributed by atoms with Crippen molar-refractivity contribution in [3.8, 4) is 5.75 Å². The smallest absolute Gasteiger partial charge is 0.303 e. The molecule has 49 heavy (non-hydrogen) atoms. The van der Waals surface area contributed by atoms with Crippen molar-refractivity contribution in [2.24, 2.45) is 4.99 Å². The lowest BCUT2D eigenvalue weighted by Gasteiger charge is -2.37. The largest absolute Gasteiger partial charge is 0.456 e. The normalized spacial score (nSPS) is 16.7. The number of hydrogen-bond donors (Lipinski definition) is 1. The molecule has 268 valence electrons. The number of sulfonamides is 1. The van der Waals surface area contributed by atoms with Gasteiger partial charge in [-0.1, -0.05) is 39.0 Å². The predicted molar refractivity (Wildman–Crippen MR) is 187 cm³/mol. The van der Waals surface area contributed by atoms with E-state index in [0.717, 1.165) is 11.1 Å². The van der Waals surface area contributed by atoms with E-state index in [-0.39, 0.29) is 67.3 Å². The summed E-state index contributed by atoms with van der Waals surface area (Å²) in [5, 5.41) is 2.75. The number of hydrogen-bond acceptors (Lipinski definition) is 9. The number of carbonyl (C=O) groups is 3. The number of amides is 2. The molecule has 2 aromatic rings. The summed E-state index contributed by atoms with van der Waals surface area (Å²) in [5.41, 5.74) is 1.63. The van der Waals surface area contributed by atoms with Crippen molar-refractivity contribution in [2.75, 3.05) is 43.5 Å². The van der Waals surface area contributed by atoms with E-state index in [2.05, 4.69) is 49.1 Å². The van der Waals surface area contributed by atoms with Gasteiger partial charge in [0.05, 0.1) is 12.4 Å². The lowest BCUT2D eigenvalue weighted by molar-refractivity contribution is -0.145. The monoisotopic (exact) mass is 718 g/mol.